The van der Waals surface area contributed by atoms with E-state index in [1.54, 1.807) is 26.3 Å². The molecule has 0 radical (unpaired) electrons. The van der Waals surface area contributed by atoms with E-state index in [-0.39, 0.29) is 17.7 Å². The van der Waals surface area contributed by atoms with Crippen molar-refractivity contribution < 1.29 is 13.2 Å². The predicted octanol–water partition coefficient (Wildman–Crippen LogP) is 0.647. The molecule has 2 N–H and O–H groups in total. The van der Waals surface area contributed by atoms with Gasteiger partial charge in [-0.15, -0.1) is 0 Å². The predicted molar refractivity (Wildman–Crippen MR) is 75.8 cm³/mol. The molecule has 1 aromatic heterocycles. The minimum atomic E-state index is -3.56. The first kappa shape index (κ1) is 15.4. The standard InChI is InChI=1S/C13H21N3O3S/c1-10(19-2)7-16-20(17,18)13-6-3-11(9-15-13)8-14-12-4-5-12/h3,6,9-10,12,14,16H,4-5,7-8H2,1-2H3. The maximum Gasteiger partial charge on any atom is 0.258 e. The molecule has 0 aromatic carbocycles. The molecule has 1 saturated carbocycles. The van der Waals surface area contributed by atoms with Gasteiger partial charge in [-0.1, -0.05) is 6.07 Å². The summed E-state index contributed by atoms with van der Waals surface area (Å²) in [6, 6.07) is 3.94. The van der Waals surface area contributed by atoms with Crippen molar-refractivity contribution in [1.82, 2.24) is 15.0 Å². The van der Waals surface area contributed by atoms with E-state index in [2.05, 4.69) is 15.0 Å². The average molecular weight is 299 g/mol. The van der Waals surface area contributed by atoms with Crippen LogP contribution in [0.3, 0.4) is 0 Å². The van der Waals surface area contributed by atoms with Crippen LogP contribution in [0.5, 0.6) is 0 Å². The van der Waals surface area contributed by atoms with E-state index in [0.29, 0.717) is 6.04 Å². The van der Waals surface area contributed by atoms with E-state index in [4.69, 9.17) is 4.74 Å². The third-order valence-electron chi connectivity index (χ3n) is 3.21. The van der Waals surface area contributed by atoms with Crippen LogP contribution in [0.1, 0.15) is 25.3 Å². The average Bonchev–Trinajstić information content (AvgIpc) is 3.27. The van der Waals surface area contributed by atoms with Crippen LogP contribution in [0, 0.1) is 0 Å². The van der Waals surface area contributed by atoms with Crippen molar-refractivity contribution in [2.45, 2.75) is 43.5 Å². The smallest absolute Gasteiger partial charge is 0.258 e. The summed E-state index contributed by atoms with van der Waals surface area (Å²) < 4.78 is 31.5. The highest BCUT2D eigenvalue weighted by Crippen LogP contribution is 2.19. The van der Waals surface area contributed by atoms with Crippen LogP contribution in [0.25, 0.3) is 0 Å². The number of hydrogen-bond acceptors (Lipinski definition) is 5. The molecule has 1 aromatic rings. The lowest BCUT2D eigenvalue weighted by molar-refractivity contribution is 0.122. The number of sulfonamides is 1. The lowest BCUT2D eigenvalue weighted by Gasteiger charge is -2.11. The first-order valence-electron chi connectivity index (χ1n) is 6.72. The molecule has 1 heterocycles. The molecule has 0 aliphatic heterocycles. The Labute approximate surface area is 120 Å². The zero-order chi connectivity index (χ0) is 14.6. The molecule has 1 aliphatic rings. The fraction of sp³-hybridized carbons (Fsp3) is 0.615. The van der Waals surface area contributed by atoms with Crippen molar-refractivity contribution in [2.75, 3.05) is 13.7 Å². The monoisotopic (exact) mass is 299 g/mol. The van der Waals surface area contributed by atoms with Gasteiger partial charge in [0, 0.05) is 32.4 Å². The van der Waals surface area contributed by atoms with Gasteiger partial charge in [-0.3, -0.25) is 0 Å². The lowest BCUT2D eigenvalue weighted by atomic mass is 10.3. The number of pyridine rings is 1. The molecular formula is C13H21N3O3S. The summed E-state index contributed by atoms with van der Waals surface area (Å²) in [5.41, 5.74) is 0.987. The van der Waals surface area contributed by atoms with E-state index in [9.17, 15) is 8.42 Å². The molecule has 2 rings (SSSR count). The van der Waals surface area contributed by atoms with Gasteiger partial charge in [-0.2, -0.15) is 0 Å². The van der Waals surface area contributed by atoms with Crippen LogP contribution in [0.4, 0.5) is 0 Å². The Morgan fingerprint density at radius 2 is 2.20 bits per heavy atom. The summed E-state index contributed by atoms with van der Waals surface area (Å²) in [5.74, 6) is 0. The van der Waals surface area contributed by atoms with Gasteiger partial charge in [0.25, 0.3) is 10.0 Å². The van der Waals surface area contributed by atoms with E-state index < -0.39 is 10.0 Å². The van der Waals surface area contributed by atoms with E-state index in [0.717, 1.165) is 12.1 Å². The van der Waals surface area contributed by atoms with E-state index >= 15 is 0 Å². The zero-order valence-electron chi connectivity index (χ0n) is 11.8. The molecule has 0 saturated heterocycles. The summed E-state index contributed by atoms with van der Waals surface area (Å²) in [5, 5.41) is 3.40. The van der Waals surface area contributed by atoms with Crippen molar-refractivity contribution in [3.05, 3.63) is 23.9 Å². The zero-order valence-corrected chi connectivity index (χ0v) is 12.6. The SMILES string of the molecule is COC(C)CNS(=O)(=O)c1ccc(CNC2CC2)cn1. The van der Waals surface area contributed by atoms with Crippen LogP contribution in [0.2, 0.25) is 0 Å². The van der Waals surface area contributed by atoms with Crippen molar-refractivity contribution in [2.24, 2.45) is 0 Å². The number of ether oxygens (including phenoxy) is 1. The molecule has 112 valence electrons. The van der Waals surface area contributed by atoms with Gasteiger partial charge in [0.2, 0.25) is 0 Å². The normalized spacial score (nSPS) is 17.1. The molecule has 0 bridgehead atoms. The summed E-state index contributed by atoms with van der Waals surface area (Å²) >= 11 is 0. The fourth-order valence-electron chi connectivity index (χ4n) is 1.61. The van der Waals surface area contributed by atoms with Crippen LogP contribution >= 0.6 is 0 Å². The van der Waals surface area contributed by atoms with Crippen molar-refractivity contribution >= 4 is 10.0 Å². The number of nitrogens with zero attached hydrogens (tertiary/aromatic N) is 1. The van der Waals surface area contributed by atoms with Gasteiger partial charge in [0.1, 0.15) is 0 Å². The van der Waals surface area contributed by atoms with Gasteiger partial charge in [0.05, 0.1) is 6.10 Å². The van der Waals surface area contributed by atoms with Crippen LogP contribution in [-0.4, -0.2) is 39.2 Å². The quantitative estimate of drug-likeness (QED) is 0.736. The first-order chi connectivity index (χ1) is 9.51. The second-order valence-electron chi connectivity index (χ2n) is 5.06. The highest BCUT2D eigenvalue weighted by Gasteiger charge is 2.20. The minimum absolute atomic E-state index is 0.0379. The van der Waals surface area contributed by atoms with Crippen molar-refractivity contribution in [3.63, 3.8) is 0 Å². The molecule has 0 amide bonds. The Bertz CT molecular complexity index is 526. The summed E-state index contributed by atoms with van der Waals surface area (Å²) in [6.07, 6.45) is 3.87. The van der Waals surface area contributed by atoms with Crippen molar-refractivity contribution in [1.29, 1.82) is 0 Å². The van der Waals surface area contributed by atoms with Crippen LogP contribution in [0.15, 0.2) is 23.4 Å². The molecule has 0 spiro atoms. The van der Waals surface area contributed by atoms with Gasteiger partial charge < -0.3 is 10.1 Å². The van der Waals surface area contributed by atoms with Gasteiger partial charge in [-0.05, 0) is 31.4 Å². The Morgan fingerprint density at radius 3 is 2.75 bits per heavy atom. The van der Waals surface area contributed by atoms with Gasteiger partial charge in [-0.25, -0.2) is 18.1 Å². The Hall–Kier alpha value is -1.02. The Morgan fingerprint density at radius 1 is 1.45 bits per heavy atom. The highest BCUT2D eigenvalue weighted by molar-refractivity contribution is 7.89. The largest absolute Gasteiger partial charge is 0.380 e. The summed E-state index contributed by atoms with van der Waals surface area (Å²) in [6.45, 7) is 2.75. The minimum Gasteiger partial charge on any atom is -0.380 e. The van der Waals surface area contributed by atoms with E-state index in [1.807, 2.05) is 0 Å². The number of rotatable bonds is 8. The topological polar surface area (TPSA) is 80.3 Å². The molecule has 1 unspecified atom stereocenters. The Kier molecular flexibility index (Phi) is 5.09. The number of methoxy groups -OCH3 is 1. The summed E-state index contributed by atoms with van der Waals surface area (Å²) in [7, 11) is -2.02. The fourth-order valence-corrected chi connectivity index (χ4v) is 2.65. The maximum absolute atomic E-state index is 12.0. The third-order valence-corrected chi connectivity index (χ3v) is 4.55. The van der Waals surface area contributed by atoms with Gasteiger partial charge in [0.15, 0.2) is 5.03 Å². The maximum atomic E-state index is 12.0. The molecule has 1 aliphatic carbocycles. The summed E-state index contributed by atoms with van der Waals surface area (Å²) in [4.78, 5) is 4.02. The van der Waals surface area contributed by atoms with Crippen LogP contribution < -0.4 is 10.0 Å². The molecular weight excluding hydrogens is 278 g/mol. The Balaban J connectivity index is 1.92. The van der Waals surface area contributed by atoms with Gasteiger partial charge >= 0.3 is 0 Å². The second kappa shape index (κ2) is 6.62. The first-order valence-corrected chi connectivity index (χ1v) is 8.20. The molecule has 1 fully saturated rings. The highest BCUT2D eigenvalue weighted by atomic mass is 32.2. The lowest BCUT2D eigenvalue weighted by Crippen LogP contribution is -2.32. The number of aromatic nitrogens is 1. The van der Waals surface area contributed by atoms with E-state index in [1.165, 1.54) is 18.9 Å². The molecule has 6 nitrogen and oxygen atoms in total. The van der Waals surface area contributed by atoms with Crippen LogP contribution in [-0.2, 0) is 21.3 Å². The second-order valence-corrected chi connectivity index (χ2v) is 6.77. The molecule has 1 atom stereocenters. The third kappa shape index (κ3) is 4.52. The molecule has 20 heavy (non-hydrogen) atoms. The van der Waals surface area contributed by atoms with Crippen molar-refractivity contribution in [3.8, 4) is 0 Å². The number of nitrogens with one attached hydrogen (secondary N) is 2. The number of hydrogen-bond donors (Lipinski definition) is 2. The molecule has 7 heteroatoms.